The third-order valence-corrected chi connectivity index (χ3v) is 2.22. The van der Waals surface area contributed by atoms with E-state index in [0.29, 0.717) is 12.1 Å². The Morgan fingerprint density at radius 2 is 1.78 bits per heavy atom. The first kappa shape index (κ1) is 14.9. The van der Waals surface area contributed by atoms with Gasteiger partial charge >= 0.3 is 0 Å². The van der Waals surface area contributed by atoms with Gasteiger partial charge in [0.2, 0.25) is 0 Å². The molecule has 0 amide bonds. The number of rotatable bonds is 5. The molecule has 102 valence electrons. The number of hydrogen-bond donors (Lipinski definition) is 2. The van der Waals surface area contributed by atoms with Crippen molar-refractivity contribution >= 4 is 0 Å². The van der Waals surface area contributed by atoms with Gasteiger partial charge in [-0.3, -0.25) is 0 Å². The van der Waals surface area contributed by atoms with Crippen LogP contribution in [0.15, 0.2) is 12.1 Å². The van der Waals surface area contributed by atoms with Crippen molar-refractivity contribution in [2.75, 3.05) is 13.2 Å². The molecule has 0 aliphatic carbocycles. The Hall–Kier alpha value is -1.20. The Balaban J connectivity index is 2.79. The van der Waals surface area contributed by atoms with Crippen molar-refractivity contribution in [3.63, 3.8) is 0 Å². The fraction of sp³-hybridized carbons (Fsp3) is 0.538. The van der Waals surface area contributed by atoms with Gasteiger partial charge in [-0.15, -0.1) is 0 Å². The van der Waals surface area contributed by atoms with Crippen LogP contribution in [0.3, 0.4) is 0 Å². The molecule has 1 aromatic rings. The molecular weight excluding hydrogens is 240 g/mol. The van der Waals surface area contributed by atoms with Crippen LogP contribution in [0.2, 0.25) is 0 Å². The third-order valence-electron chi connectivity index (χ3n) is 2.22. The summed E-state index contributed by atoms with van der Waals surface area (Å²) in [4.78, 5) is 0. The molecule has 0 atom stereocenters. The van der Waals surface area contributed by atoms with Crippen LogP contribution in [-0.2, 0) is 6.54 Å². The molecule has 2 N–H and O–H groups in total. The predicted molar refractivity (Wildman–Crippen MR) is 65.5 cm³/mol. The average Bonchev–Trinajstić information content (AvgIpc) is 2.24. The quantitative estimate of drug-likeness (QED) is 0.852. The molecule has 3 nitrogen and oxygen atoms in total. The first-order valence-corrected chi connectivity index (χ1v) is 5.80. The highest BCUT2D eigenvalue weighted by atomic mass is 19.1. The van der Waals surface area contributed by atoms with Crippen molar-refractivity contribution in [3.05, 3.63) is 29.3 Å². The zero-order chi connectivity index (χ0) is 13.8. The number of halogens is 2. The summed E-state index contributed by atoms with van der Waals surface area (Å²) in [6.45, 7) is 5.87. The number of hydrogen-bond acceptors (Lipinski definition) is 3. The molecule has 0 saturated carbocycles. The summed E-state index contributed by atoms with van der Waals surface area (Å²) < 4.78 is 32.0. The van der Waals surface area contributed by atoms with E-state index < -0.39 is 17.4 Å². The van der Waals surface area contributed by atoms with E-state index in [0.717, 1.165) is 0 Å². The largest absolute Gasteiger partial charge is 0.485 e. The van der Waals surface area contributed by atoms with Crippen molar-refractivity contribution in [2.45, 2.75) is 32.9 Å². The van der Waals surface area contributed by atoms with Gasteiger partial charge in [-0.1, -0.05) is 0 Å². The summed E-state index contributed by atoms with van der Waals surface area (Å²) in [5.41, 5.74) is 0.384. The Morgan fingerprint density at radius 3 is 2.22 bits per heavy atom. The van der Waals surface area contributed by atoms with Crippen LogP contribution in [0.5, 0.6) is 5.75 Å². The second-order valence-corrected chi connectivity index (χ2v) is 5.06. The standard InChI is InChI=1S/C13H19F2NO2/c1-13(2,3)16-8-9-6-10(14)12(11(15)7-9)18-5-4-17/h6-7,16-17H,4-5,8H2,1-3H3. The topological polar surface area (TPSA) is 41.5 Å². The number of aliphatic hydroxyl groups excluding tert-OH is 1. The third kappa shape index (κ3) is 4.58. The van der Waals surface area contributed by atoms with Crippen LogP contribution in [0.25, 0.3) is 0 Å². The normalized spacial score (nSPS) is 11.7. The molecule has 1 rings (SSSR count). The van der Waals surface area contributed by atoms with Gasteiger partial charge in [-0.2, -0.15) is 0 Å². The van der Waals surface area contributed by atoms with Crippen molar-refractivity contribution in [3.8, 4) is 5.75 Å². The molecule has 0 heterocycles. The van der Waals surface area contributed by atoms with Gasteiger partial charge in [0, 0.05) is 12.1 Å². The minimum Gasteiger partial charge on any atom is -0.485 e. The average molecular weight is 259 g/mol. The van der Waals surface area contributed by atoms with Gasteiger partial charge in [0.25, 0.3) is 0 Å². The predicted octanol–water partition coefficient (Wildman–Crippen LogP) is 2.22. The monoisotopic (exact) mass is 259 g/mol. The van der Waals surface area contributed by atoms with Crippen molar-refractivity contribution in [2.24, 2.45) is 0 Å². The fourth-order valence-corrected chi connectivity index (χ4v) is 1.37. The Kier molecular flexibility index (Phi) is 5.04. The summed E-state index contributed by atoms with van der Waals surface area (Å²) in [6.07, 6.45) is 0. The van der Waals surface area contributed by atoms with E-state index in [9.17, 15) is 8.78 Å². The molecule has 1 aromatic carbocycles. The highest BCUT2D eigenvalue weighted by Gasteiger charge is 2.14. The molecule has 0 spiro atoms. The van der Waals surface area contributed by atoms with E-state index in [2.05, 4.69) is 5.32 Å². The zero-order valence-corrected chi connectivity index (χ0v) is 10.9. The molecule has 0 bridgehead atoms. The van der Waals surface area contributed by atoms with Crippen molar-refractivity contribution < 1.29 is 18.6 Å². The molecule has 0 aromatic heterocycles. The zero-order valence-electron chi connectivity index (χ0n) is 10.9. The lowest BCUT2D eigenvalue weighted by molar-refractivity contribution is 0.191. The van der Waals surface area contributed by atoms with Crippen LogP contribution in [0.1, 0.15) is 26.3 Å². The summed E-state index contributed by atoms with van der Waals surface area (Å²) in [5, 5.41) is 11.7. The van der Waals surface area contributed by atoms with Gasteiger partial charge in [-0.25, -0.2) is 8.78 Å². The van der Waals surface area contributed by atoms with Crippen LogP contribution >= 0.6 is 0 Å². The van der Waals surface area contributed by atoms with E-state index in [1.54, 1.807) is 0 Å². The molecule has 0 aliphatic heterocycles. The van der Waals surface area contributed by atoms with E-state index in [1.807, 2.05) is 20.8 Å². The Bertz CT molecular complexity index is 379. The highest BCUT2D eigenvalue weighted by Crippen LogP contribution is 2.23. The summed E-state index contributed by atoms with van der Waals surface area (Å²) in [6, 6.07) is 2.46. The van der Waals surface area contributed by atoms with Crippen LogP contribution < -0.4 is 10.1 Å². The maximum absolute atomic E-state index is 13.6. The number of ether oxygens (including phenoxy) is 1. The van der Waals surface area contributed by atoms with E-state index in [1.165, 1.54) is 12.1 Å². The summed E-state index contributed by atoms with van der Waals surface area (Å²) in [7, 11) is 0. The van der Waals surface area contributed by atoms with Gasteiger partial charge in [0.15, 0.2) is 17.4 Å². The second-order valence-electron chi connectivity index (χ2n) is 5.06. The molecule has 0 saturated heterocycles. The first-order valence-electron chi connectivity index (χ1n) is 5.80. The maximum Gasteiger partial charge on any atom is 0.190 e. The smallest absolute Gasteiger partial charge is 0.190 e. The summed E-state index contributed by atoms with van der Waals surface area (Å²) in [5.74, 6) is -1.95. The van der Waals surface area contributed by atoms with Crippen LogP contribution in [-0.4, -0.2) is 23.9 Å². The van der Waals surface area contributed by atoms with Crippen LogP contribution in [0.4, 0.5) is 8.78 Å². The van der Waals surface area contributed by atoms with E-state index in [-0.39, 0.29) is 18.8 Å². The number of aliphatic hydroxyl groups is 1. The minimum absolute atomic E-state index is 0.126. The molecule has 0 fully saturated rings. The highest BCUT2D eigenvalue weighted by molar-refractivity contribution is 5.31. The summed E-state index contributed by atoms with van der Waals surface area (Å²) >= 11 is 0. The molecule has 0 unspecified atom stereocenters. The molecular formula is C13H19F2NO2. The first-order chi connectivity index (χ1) is 8.33. The van der Waals surface area contributed by atoms with Crippen LogP contribution in [0, 0.1) is 11.6 Å². The van der Waals surface area contributed by atoms with Crippen molar-refractivity contribution in [1.29, 1.82) is 0 Å². The second kappa shape index (κ2) is 6.11. The van der Waals surface area contributed by atoms with E-state index >= 15 is 0 Å². The van der Waals surface area contributed by atoms with E-state index in [4.69, 9.17) is 9.84 Å². The lowest BCUT2D eigenvalue weighted by Crippen LogP contribution is -2.35. The Morgan fingerprint density at radius 1 is 1.22 bits per heavy atom. The maximum atomic E-state index is 13.6. The number of nitrogens with one attached hydrogen (secondary N) is 1. The minimum atomic E-state index is -0.755. The molecule has 0 aliphatic rings. The lowest BCUT2D eigenvalue weighted by atomic mass is 10.1. The molecule has 18 heavy (non-hydrogen) atoms. The lowest BCUT2D eigenvalue weighted by Gasteiger charge is -2.20. The van der Waals surface area contributed by atoms with Gasteiger partial charge in [0.05, 0.1) is 6.61 Å². The number of benzene rings is 1. The fourth-order valence-electron chi connectivity index (χ4n) is 1.37. The van der Waals surface area contributed by atoms with Crippen molar-refractivity contribution in [1.82, 2.24) is 5.32 Å². The Labute approximate surface area is 106 Å². The molecule has 5 heteroatoms. The van der Waals surface area contributed by atoms with Gasteiger partial charge < -0.3 is 15.2 Å². The van der Waals surface area contributed by atoms with Gasteiger partial charge in [-0.05, 0) is 38.5 Å². The molecule has 0 radical (unpaired) electrons. The SMILES string of the molecule is CC(C)(C)NCc1cc(F)c(OCCO)c(F)c1. The van der Waals surface area contributed by atoms with Gasteiger partial charge in [0.1, 0.15) is 6.61 Å².